The van der Waals surface area contributed by atoms with Crippen molar-refractivity contribution >= 4 is 8.80 Å². The number of hydrogen-bond donors (Lipinski definition) is 0. The van der Waals surface area contributed by atoms with Crippen molar-refractivity contribution in [3.8, 4) is 0 Å². The first-order chi connectivity index (χ1) is 8.10. The van der Waals surface area contributed by atoms with Gasteiger partial charge in [-0.1, -0.05) is 46.0 Å². The summed E-state index contributed by atoms with van der Waals surface area (Å²) in [6.07, 6.45) is 10.5. The second-order valence-electron chi connectivity index (χ2n) is 6.30. The molecule has 0 heterocycles. The highest BCUT2D eigenvalue weighted by molar-refractivity contribution is 6.62. The van der Waals surface area contributed by atoms with Crippen molar-refractivity contribution in [3.05, 3.63) is 0 Å². The van der Waals surface area contributed by atoms with Crippen LogP contribution in [-0.2, 0) is 9.47 Å². The van der Waals surface area contributed by atoms with Crippen LogP contribution in [0, 0.1) is 5.92 Å². The van der Waals surface area contributed by atoms with E-state index in [9.17, 15) is 0 Å². The van der Waals surface area contributed by atoms with E-state index in [0.29, 0.717) is 5.04 Å². The first kappa shape index (κ1) is 15.2. The van der Waals surface area contributed by atoms with Crippen molar-refractivity contribution in [1.29, 1.82) is 0 Å². The quantitative estimate of drug-likeness (QED) is 0.652. The Labute approximate surface area is 109 Å². The Kier molecular flexibility index (Phi) is 6.74. The molecule has 17 heavy (non-hydrogen) atoms. The third-order valence-corrected chi connectivity index (χ3v) is 8.30. The predicted molar refractivity (Wildman–Crippen MR) is 76.1 cm³/mol. The second-order valence-corrected chi connectivity index (χ2v) is 9.93. The van der Waals surface area contributed by atoms with E-state index in [-0.39, 0.29) is 0 Å². The molecule has 1 aliphatic rings. The summed E-state index contributed by atoms with van der Waals surface area (Å²) in [5.74, 6) is 0.961. The van der Waals surface area contributed by atoms with E-state index in [1.807, 2.05) is 14.2 Å². The minimum absolute atomic E-state index is 0.466. The van der Waals surface area contributed by atoms with E-state index < -0.39 is 8.80 Å². The molecule has 0 N–H and O–H groups in total. The third-order valence-electron chi connectivity index (χ3n) is 4.38. The summed E-state index contributed by atoms with van der Waals surface area (Å²) in [4.78, 5) is 0. The maximum absolute atomic E-state index is 5.41. The van der Waals surface area contributed by atoms with E-state index in [1.165, 1.54) is 38.5 Å². The lowest BCUT2D eigenvalue weighted by Crippen LogP contribution is -2.39. The van der Waals surface area contributed by atoms with Crippen LogP contribution in [0.15, 0.2) is 0 Å². The van der Waals surface area contributed by atoms with Gasteiger partial charge in [-0.2, -0.15) is 0 Å². The number of rotatable bonds is 7. The van der Waals surface area contributed by atoms with Crippen LogP contribution in [-0.4, -0.2) is 35.5 Å². The highest BCUT2D eigenvalue weighted by Gasteiger charge is 2.33. The Morgan fingerprint density at radius 3 is 2.00 bits per heavy atom. The zero-order valence-corrected chi connectivity index (χ0v) is 13.3. The van der Waals surface area contributed by atoms with Gasteiger partial charge in [0.05, 0.1) is 0 Å². The van der Waals surface area contributed by atoms with Crippen molar-refractivity contribution in [2.45, 2.75) is 57.4 Å². The van der Waals surface area contributed by atoms with Crippen molar-refractivity contribution in [1.82, 2.24) is 0 Å². The lowest BCUT2D eigenvalue weighted by molar-refractivity contribution is 0.211. The Balaban J connectivity index is 2.49. The summed E-state index contributed by atoms with van der Waals surface area (Å²) in [7, 11) is 2.69. The predicted octanol–water partition coefficient (Wildman–Crippen LogP) is 3.34. The van der Waals surface area contributed by atoms with Crippen molar-refractivity contribution in [2.24, 2.45) is 5.92 Å². The fourth-order valence-corrected chi connectivity index (χ4v) is 5.67. The maximum Gasteiger partial charge on any atom is 0.103 e. The zero-order chi connectivity index (χ0) is 12.7. The minimum atomic E-state index is -0.958. The van der Waals surface area contributed by atoms with E-state index in [2.05, 4.69) is 13.8 Å². The smallest absolute Gasteiger partial charge is 0.103 e. The normalized spacial score (nSPS) is 18.9. The molecule has 0 aromatic rings. The lowest BCUT2D eigenvalue weighted by Gasteiger charge is -2.36. The Bertz CT molecular complexity index is 194. The van der Waals surface area contributed by atoms with E-state index >= 15 is 0 Å². The van der Waals surface area contributed by atoms with Gasteiger partial charge in [0, 0.05) is 26.7 Å². The number of hydrogen-bond acceptors (Lipinski definition) is 2. The van der Waals surface area contributed by atoms with Gasteiger partial charge in [-0.15, -0.1) is 0 Å². The van der Waals surface area contributed by atoms with Crippen LogP contribution < -0.4 is 0 Å². The molecule has 3 heteroatoms. The van der Waals surface area contributed by atoms with Crippen LogP contribution in [0.1, 0.15) is 52.4 Å². The second kappa shape index (κ2) is 7.55. The van der Waals surface area contributed by atoms with Crippen LogP contribution in [0.25, 0.3) is 0 Å². The standard InChI is InChI=1S/C14H30O2Si/c1-14(2,17(11-15-3)12-16-4)10-13-8-6-5-7-9-13/h13,17H,5-12H2,1-4H3. The number of methoxy groups -OCH3 is 2. The molecule has 0 spiro atoms. The SMILES string of the molecule is COC[SiH](COC)C(C)(C)CC1CCCCC1. The van der Waals surface area contributed by atoms with Crippen LogP contribution in [0.5, 0.6) is 0 Å². The molecule has 0 aromatic carbocycles. The van der Waals surface area contributed by atoms with Gasteiger partial charge in [-0.25, -0.2) is 0 Å². The van der Waals surface area contributed by atoms with E-state index in [4.69, 9.17) is 9.47 Å². The minimum Gasteiger partial charge on any atom is -0.388 e. The molecule has 102 valence electrons. The van der Waals surface area contributed by atoms with Crippen LogP contribution >= 0.6 is 0 Å². The molecule has 0 aliphatic heterocycles. The van der Waals surface area contributed by atoms with E-state index in [0.717, 1.165) is 18.4 Å². The topological polar surface area (TPSA) is 18.5 Å². The van der Waals surface area contributed by atoms with E-state index in [1.54, 1.807) is 0 Å². The average molecular weight is 258 g/mol. The van der Waals surface area contributed by atoms with Gasteiger partial charge in [0.15, 0.2) is 0 Å². The molecule has 0 atom stereocenters. The maximum atomic E-state index is 5.41. The molecule has 1 fully saturated rings. The summed E-state index contributed by atoms with van der Waals surface area (Å²) in [6.45, 7) is 4.88. The summed E-state index contributed by atoms with van der Waals surface area (Å²) in [5, 5.41) is 0.466. The van der Waals surface area contributed by atoms with Crippen molar-refractivity contribution < 1.29 is 9.47 Å². The highest BCUT2D eigenvalue weighted by atomic mass is 28.3. The van der Waals surface area contributed by atoms with Gasteiger partial charge < -0.3 is 9.47 Å². The molecule has 1 saturated carbocycles. The molecule has 0 unspecified atom stereocenters. The lowest BCUT2D eigenvalue weighted by atomic mass is 9.83. The summed E-state index contributed by atoms with van der Waals surface area (Å²) in [6, 6.07) is 0. The van der Waals surface area contributed by atoms with Crippen LogP contribution in [0.2, 0.25) is 5.04 Å². The van der Waals surface area contributed by atoms with Gasteiger partial charge in [0.2, 0.25) is 0 Å². The fourth-order valence-electron chi connectivity index (χ4n) is 3.20. The molecule has 1 rings (SSSR count). The van der Waals surface area contributed by atoms with Crippen molar-refractivity contribution in [2.75, 3.05) is 26.7 Å². The molecular formula is C14H30O2Si. The first-order valence-electron chi connectivity index (χ1n) is 7.08. The summed E-state index contributed by atoms with van der Waals surface area (Å²) in [5.41, 5.74) is 0. The van der Waals surface area contributed by atoms with Gasteiger partial charge in [-0.3, -0.25) is 0 Å². The monoisotopic (exact) mass is 258 g/mol. The fraction of sp³-hybridized carbons (Fsp3) is 1.00. The average Bonchev–Trinajstić information content (AvgIpc) is 2.29. The van der Waals surface area contributed by atoms with Gasteiger partial charge in [-0.05, 0) is 17.4 Å². The molecule has 0 aromatic heterocycles. The zero-order valence-electron chi connectivity index (χ0n) is 12.1. The Morgan fingerprint density at radius 1 is 1.00 bits per heavy atom. The van der Waals surface area contributed by atoms with Gasteiger partial charge in [0.25, 0.3) is 0 Å². The highest BCUT2D eigenvalue weighted by Crippen LogP contribution is 2.41. The van der Waals surface area contributed by atoms with Crippen LogP contribution in [0.4, 0.5) is 0 Å². The molecule has 1 aliphatic carbocycles. The molecule has 2 nitrogen and oxygen atoms in total. The molecule has 0 radical (unpaired) electrons. The molecule has 0 amide bonds. The molecular weight excluding hydrogens is 228 g/mol. The Hall–Kier alpha value is 0.137. The third kappa shape index (κ3) is 5.10. The largest absolute Gasteiger partial charge is 0.388 e. The summed E-state index contributed by atoms with van der Waals surface area (Å²) >= 11 is 0. The number of ether oxygens (including phenoxy) is 2. The van der Waals surface area contributed by atoms with Crippen LogP contribution in [0.3, 0.4) is 0 Å². The molecule has 0 saturated heterocycles. The van der Waals surface area contributed by atoms with Crippen molar-refractivity contribution in [3.63, 3.8) is 0 Å². The first-order valence-corrected chi connectivity index (χ1v) is 9.29. The molecule has 0 bridgehead atoms. The summed E-state index contributed by atoms with van der Waals surface area (Å²) < 4.78 is 10.8. The Morgan fingerprint density at radius 2 is 1.53 bits per heavy atom. The van der Waals surface area contributed by atoms with Gasteiger partial charge in [0.1, 0.15) is 8.80 Å². The van der Waals surface area contributed by atoms with Gasteiger partial charge >= 0.3 is 0 Å².